The molecule has 6 N–H and O–H groups in total. The molecule has 1 aliphatic heterocycles. The van der Waals surface area contributed by atoms with Crippen LogP contribution in [0.4, 0.5) is 0 Å². The van der Waals surface area contributed by atoms with E-state index in [-0.39, 0.29) is 12.5 Å². The summed E-state index contributed by atoms with van der Waals surface area (Å²) in [6.07, 6.45) is 72.4. The van der Waals surface area contributed by atoms with Crippen LogP contribution in [0.15, 0.2) is 85.1 Å². The van der Waals surface area contributed by atoms with Gasteiger partial charge in [0, 0.05) is 6.42 Å². The third-order valence-electron chi connectivity index (χ3n) is 14.7. The fourth-order valence-corrected chi connectivity index (χ4v) is 9.71. The summed E-state index contributed by atoms with van der Waals surface area (Å²) in [7, 11) is 0. The van der Waals surface area contributed by atoms with Crippen molar-refractivity contribution in [2.24, 2.45) is 0 Å². The van der Waals surface area contributed by atoms with Gasteiger partial charge in [-0.1, -0.05) is 272 Å². The summed E-state index contributed by atoms with van der Waals surface area (Å²) in [5.74, 6) is -0.192. The van der Waals surface area contributed by atoms with Crippen molar-refractivity contribution >= 4 is 5.91 Å². The third-order valence-corrected chi connectivity index (χ3v) is 14.7. The monoisotopic (exact) mass is 1070 g/mol. The van der Waals surface area contributed by atoms with Crippen LogP contribution in [0.1, 0.15) is 277 Å². The minimum absolute atomic E-state index is 0.192. The van der Waals surface area contributed by atoms with Crippen LogP contribution in [0.3, 0.4) is 0 Å². The molecule has 440 valence electrons. The minimum atomic E-state index is -1.58. The maximum Gasteiger partial charge on any atom is 0.220 e. The van der Waals surface area contributed by atoms with Crippen molar-refractivity contribution in [3.05, 3.63) is 85.1 Å². The van der Waals surface area contributed by atoms with Crippen molar-refractivity contribution < 1.29 is 39.8 Å². The smallest absolute Gasteiger partial charge is 0.220 e. The fourth-order valence-electron chi connectivity index (χ4n) is 9.71. The van der Waals surface area contributed by atoms with E-state index in [1.165, 1.54) is 186 Å². The Kier molecular flexibility index (Phi) is 52.3. The molecule has 1 heterocycles. The molecule has 0 spiro atoms. The second kappa shape index (κ2) is 55.7. The number of rotatable bonds is 54. The molecule has 0 aromatic rings. The summed E-state index contributed by atoms with van der Waals surface area (Å²) < 4.78 is 11.3. The molecule has 9 heteroatoms. The Morgan fingerprint density at radius 3 is 1.26 bits per heavy atom. The average molecular weight is 1070 g/mol. The Morgan fingerprint density at radius 2 is 0.829 bits per heavy atom. The van der Waals surface area contributed by atoms with E-state index in [1.807, 2.05) is 6.08 Å². The van der Waals surface area contributed by atoms with Gasteiger partial charge in [0.05, 0.1) is 25.4 Å². The Bertz CT molecular complexity index is 1470. The first-order valence-electron chi connectivity index (χ1n) is 31.8. The molecule has 7 atom stereocenters. The van der Waals surface area contributed by atoms with Crippen LogP contribution < -0.4 is 5.32 Å². The number of aliphatic hydroxyl groups excluding tert-OH is 5. The minimum Gasteiger partial charge on any atom is -0.394 e. The van der Waals surface area contributed by atoms with E-state index in [9.17, 15) is 30.3 Å². The van der Waals surface area contributed by atoms with Crippen LogP contribution in [0, 0.1) is 0 Å². The van der Waals surface area contributed by atoms with Gasteiger partial charge in [-0.25, -0.2) is 0 Å². The van der Waals surface area contributed by atoms with Gasteiger partial charge < -0.3 is 40.3 Å². The molecular formula is C67H119NO8. The highest BCUT2D eigenvalue weighted by molar-refractivity contribution is 5.76. The van der Waals surface area contributed by atoms with Gasteiger partial charge >= 0.3 is 0 Å². The van der Waals surface area contributed by atoms with Gasteiger partial charge in [0.25, 0.3) is 0 Å². The molecule has 0 aromatic carbocycles. The molecule has 1 rings (SSSR count). The molecule has 0 aliphatic carbocycles. The van der Waals surface area contributed by atoms with Crippen molar-refractivity contribution in [3.63, 3.8) is 0 Å². The molecule has 1 saturated heterocycles. The molecule has 0 saturated carbocycles. The quantitative estimate of drug-likeness (QED) is 0.0261. The summed E-state index contributed by atoms with van der Waals surface area (Å²) in [6, 6.07) is -0.834. The number of carbonyl (C=O) groups excluding carboxylic acids is 1. The Labute approximate surface area is 467 Å². The molecule has 1 amide bonds. The zero-order valence-corrected chi connectivity index (χ0v) is 49.0. The number of allylic oxidation sites excluding steroid dienone is 13. The van der Waals surface area contributed by atoms with E-state index >= 15 is 0 Å². The third kappa shape index (κ3) is 44.2. The normalized spacial score (nSPS) is 19.4. The van der Waals surface area contributed by atoms with E-state index in [1.54, 1.807) is 6.08 Å². The molecule has 7 unspecified atom stereocenters. The first kappa shape index (κ1) is 71.4. The lowest BCUT2D eigenvalue weighted by molar-refractivity contribution is -0.302. The van der Waals surface area contributed by atoms with E-state index in [0.717, 1.165) is 70.6 Å². The van der Waals surface area contributed by atoms with Crippen LogP contribution in [0.2, 0.25) is 0 Å². The highest BCUT2D eigenvalue weighted by atomic mass is 16.7. The lowest BCUT2D eigenvalue weighted by Gasteiger charge is -2.40. The Morgan fingerprint density at radius 1 is 0.461 bits per heavy atom. The highest BCUT2D eigenvalue weighted by Crippen LogP contribution is 2.23. The standard InChI is InChI=1S/C67H119NO8/c1-3-5-7-9-11-13-15-17-19-21-23-25-27-29-31-33-35-37-39-41-43-45-47-49-51-53-55-57-63(71)68-60(59-75-67-66(74)65(73)64(72)62(58-69)76-67)61(70)56-54-52-50-48-46-44-42-40-38-36-34-32-30-28-26-24-22-20-18-16-14-12-10-8-6-4-2/h5,7,11,13,17,19,23,25,38,40,46,48,54,56,60-62,64-67,69-70,72-74H,3-4,6,8-10,12,14-16,18,20-22,24,26-37,39,41-45,47,49-53,55,57-59H2,1-2H3,(H,68,71)/b7-5-,13-11-,19-17-,25-23-,40-38+,48-46+,56-54+. The Balaban J connectivity index is 2.22. The zero-order chi connectivity index (χ0) is 55.0. The van der Waals surface area contributed by atoms with Crippen LogP contribution in [0.25, 0.3) is 0 Å². The number of amides is 1. The number of ether oxygens (including phenoxy) is 2. The van der Waals surface area contributed by atoms with Crippen molar-refractivity contribution in [1.82, 2.24) is 5.32 Å². The molecule has 0 radical (unpaired) electrons. The number of hydrogen-bond acceptors (Lipinski definition) is 8. The van der Waals surface area contributed by atoms with Gasteiger partial charge in [-0.15, -0.1) is 0 Å². The number of nitrogens with one attached hydrogen (secondary N) is 1. The van der Waals surface area contributed by atoms with Gasteiger partial charge in [-0.3, -0.25) is 4.79 Å². The number of carbonyl (C=O) groups is 1. The molecule has 1 aliphatic rings. The lowest BCUT2D eigenvalue weighted by atomic mass is 9.99. The van der Waals surface area contributed by atoms with Gasteiger partial charge in [-0.05, 0) is 83.5 Å². The molecule has 1 fully saturated rings. The lowest BCUT2D eigenvalue weighted by Crippen LogP contribution is -2.60. The largest absolute Gasteiger partial charge is 0.394 e. The first-order valence-corrected chi connectivity index (χ1v) is 31.8. The average Bonchev–Trinajstić information content (AvgIpc) is 3.42. The predicted molar refractivity (Wildman–Crippen MR) is 322 cm³/mol. The number of unbranched alkanes of at least 4 members (excludes halogenated alkanes) is 32. The van der Waals surface area contributed by atoms with Crippen molar-refractivity contribution in [3.8, 4) is 0 Å². The first-order chi connectivity index (χ1) is 37.3. The number of aliphatic hydroxyl groups is 5. The SMILES string of the molecule is CC/C=C\C/C=C\C/C=C\C/C=C\CCCCCCCCCCCCCCCCC(=O)NC(COC1OC(CO)C(O)C(O)C1O)C(O)/C=C/CC/C=C/CC/C=C/CCCCCCCCCCCCCCCCCC. The summed E-state index contributed by atoms with van der Waals surface area (Å²) >= 11 is 0. The van der Waals surface area contributed by atoms with Crippen LogP contribution in [-0.2, 0) is 14.3 Å². The van der Waals surface area contributed by atoms with Gasteiger partial charge in [0.2, 0.25) is 5.91 Å². The van der Waals surface area contributed by atoms with Crippen molar-refractivity contribution in [2.75, 3.05) is 13.2 Å². The van der Waals surface area contributed by atoms with Gasteiger partial charge in [0.15, 0.2) is 6.29 Å². The van der Waals surface area contributed by atoms with Crippen LogP contribution in [-0.4, -0.2) is 87.5 Å². The maximum atomic E-state index is 13.1. The summed E-state index contributed by atoms with van der Waals surface area (Å²) in [6.45, 7) is 3.67. The van der Waals surface area contributed by atoms with E-state index in [4.69, 9.17) is 9.47 Å². The summed E-state index contributed by atoms with van der Waals surface area (Å²) in [4.78, 5) is 13.1. The fraction of sp³-hybridized carbons (Fsp3) is 0.776. The maximum absolute atomic E-state index is 13.1. The molecule has 0 aromatic heterocycles. The molecule has 0 bridgehead atoms. The topological polar surface area (TPSA) is 149 Å². The number of hydrogen-bond donors (Lipinski definition) is 6. The van der Waals surface area contributed by atoms with Crippen molar-refractivity contribution in [2.45, 2.75) is 320 Å². The summed E-state index contributed by atoms with van der Waals surface area (Å²) in [5.41, 5.74) is 0. The van der Waals surface area contributed by atoms with Gasteiger partial charge in [-0.2, -0.15) is 0 Å². The van der Waals surface area contributed by atoms with Gasteiger partial charge in [0.1, 0.15) is 24.4 Å². The Hall–Kier alpha value is -2.63. The summed E-state index contributed by atoms with van der Waals surface area (Å²) in [5, 5.41) is 54.6. The van der Waals surface area contributed by atoms with Crippen molar-refractivity contribution in [1.29, 1.82) is 0 Å². The second-order valence-electron chi connectivity index (χ2n) is 21.8. The second-order valence-corrected chi connectivity index (χ2v) is 21.8. The predicted octanol–water partition coefficient (Wildman–Crippen LogP) is 16.6. The zero-order valence-electron chi connectivity index (χ0n) is 49.0. The molecular weight excluding hydrogens is 947 g/mol. The van der Waals surface area contributed by atoms with E-state index < -0.39 is 49.5 Å². The highest BCUT2D eigenvalue weighted by Gasteiger charge is 2.44. The van der Waals surface area contributed by atoms with Crippen LogP contribution in [0.5, 0.6) is 0 Å². The molecule has 76 heavy (non-hydrogen) atoms. The van der Waals surface area contributed by atoms with E-state index in [0.29, 0.717) is 6.42 Å². The van der Waals surface area contributed by atoms with Crippen LogP contribution >= 0.6 is 0 Å². The molecule has 9 nitrogen and oxygen atoms in total. The van der Waals surface area contributed by atoms with E-state index in [2.05, 4.69) is 92.1 Å².